The van der Waals surface area contributed by atoms with Crippen molar-refractivity contribution < 1.29 is 4.79 Å². The Bertz CT molecular complexity index is 789. The fraction of sp³-hybridized carbons (Fsp3) is 0.125. The van der Waals surface area contributed by atoms with Crippen LogP contribution in [0.4, 0.5) is 0 Å². The van der Waals surface area contributed by atoms with Crippen molar-refractivity contribution in [2.75, 3.05) is 0 Å². The van der Waals surface area contributed by atoms with Gasteiger partial charge in [-0.05, 0) is 48.2 Å². The van der Waals surface area contributed by atoms with Crippen LogP contribution in [0.15, 0.2) is 42.9 Å². The van der Waals surface area contributed by atoms with Crippen LogP contribution in [0.3, 0.4) is 0 Å². The molecule has 3 N–H and O–H groups in total. The normalized spacial score (nSPS) is 10.8. The van der Waals surface area contributed by atoms with Gasteiger partial charge in [-0.15, -0.1) is 0 Å². The van der Waals surface area contributed by atoms with Crippen LogP contribution in [0.1, 0.15) is 27.0 Å². The summed E-state index contributed by atoms with van der Waals surface area (Å²) in [6, 6.07) is 7.91. The molecule has 0 fully saturated rings. The highest BCUT2D eigenvalue weighted by atomic mass is 16.1. The molecule has 0 aliphatic rings. The molecule has 3 aromatic rings. The number of H-pyrrole nitrogens is 1. The lowest BCUT2D eigenvalue weighted by Crippen LogP contribution is -2.14. The largest absolute Gasteiger partial charge is 0.366 e. The molecule has 0 aliphatic carbocycles. The lowest BCUT2D eigenvalue weighted by molar-refractivity contribution is 0.0999. The third-order valence-corrected chi connectivity index (χ3v) is 3.52. The Labute approximate surface area is 116 Å². The first-order valence-corrected chi connectivity index (χ1v) is 6.44. The molecular weight excluding hydrogens is 250 g/mol. The van der Waals surface area contributed by atoms with Gasteiger partial charge in [0.2, 0.25) is 5.91 Å². The van der Waals surface area contributed by atoms with Gasteiger partial charge in [0, 0.05) is 35.1 Å². The minimum absolute atomic E-state index is 0.415. The molecule has 0 atom stereocenters. The first kappa shape index (κ1) is 12.4. The summed E-state index contributed by atoms with van der Waals surface area (Å²) in [4.78, 5) is 18.7. The van der Waals surface area contributed by atoms with E-state index < -0.39 is 5.91 Å². The summed E-state index contributed by atoms with van der Waals surface area (Å²) in [5.74, 6) is -0.415. The van der Waals surface area contributed by atoms with Crippen molar-refractivity contribution in [1.82, 2.24) is 9.97 Å². The topological polar surface area (TPSA) is 71.8 Å². The zero-order valence-corrected chi connectivity index (χ0v) is 11.2. The van der Waals surface area contributed by atoms with E-state index in [1.807, 2.05) is 6.20 Å². The lowest BCUT2D eigenvalue weighted by Gasteiger charge is -2.06. The van der Waals surface area contributed by atoms with Crippen molar-refractivity contribution in [3.63, 3.8) is 0 Å². The molecule has 0 radical (unpaired) electrons. The molecule has 2 aromatic heterocycles. The number of aromatic nitrogens is 2. The predicted octanol–water partition coefficient (Wildman–Crippen LogP) is 2.56. The van der Waals surface area contributed by atoms with E-state index in [9.17, 15) is 4.79 Å². The zero-order valence-electron chi connectivity index (χ0n) is 11.2. The maximum atomic E-state index is 11.4. The number of pyridine rings is 1. The van der Waals surface area contributed by atoms with E-state index in [4.69, 9.17) is 5.73 Å². The molecule has 3 rings (SSSR count). The maximum Gasteiger partial charge on any atom is 0.249 e. The molecule has 0 spiro atoms. The number of rotatable bonds is 3. The van der Waals surface area contributed by atoms with Gasteiger partial charge in [0.1, 0.15) is 0 Å². The van der Waals surface area contributed by atoms with Gasteiger partial charge >= 0.3 is 0 Å². The molecule has 0 saturated heterocycles. The van der Waals surface area contributed by atoms with Gasteiger partial charge in [0.15, 0.2) is 0 Å². The minimum atomic E-state index is -0.415. The summed E-state index contributed by atoms with van der Waals surface area (Å²) in [5, 5.41) is 1.20. The molecule has 0 aliphatic heterocycles. The SMILES string of the molecule is Cc1c[nH]c2ccc(Cc3cnccc3C(N)=O)cc12. The Kier molecular flexibility index (Phi) is 2.99. The summed E-state index contributed by atoms with van der Waals surface area (Å²) < 4.78 is 0. The molecule has 1 amide bonds. The molecule has 2 heterocycles. The van der Waals surface area contributed by atoms with Gasteiger partial charge in [0.05, 0.1) is 0 Å². The number of benzene rings is 1. The third kappa shape index (κ3) is 2.16. The second kappa shape index (κ2) is 4.81. The van der Waals surface area contributed by atoms with E-state index >= 15 is 0 Å². The van der Waals surface area contributed by atoms with Crippen LogP contribution in [-0.2, 0) is 6.42 Å². The Morgan fingerprint density at radius 3 is 3.00 bits per heavy atom. The van der Waals surface area contributed by atoms with Crippen molar-refractivity contribution in [3.8, 4) is 0 Å². The zero-order chi connectivity index (χ0) is 14.1. The highest BCUT2D eigenvalue weighted by molar-refractivity contribution is 5.94. The standard InChI is InChI=1S/C16H15N3O/c1-10-8-19-15-3-2-11(7-14(10)15)6-12-9-18-5-4-13(12)16(17)20/h2-5,7-9,19H,6H2,1H3,(H2,17,20). The first-order chi connectivity index (χ1) is 9.65. The van der Waals surface area contributed by atoms with Crippen molar-refractivity contribution >= 4 is 16.8 Å². The van der Waals surface area contributed by atoms with Crippen molar-refractivity contribution in [1.29, 1.82) is 0 Å². The van der Waals surface area contributed by atoms with Gasteiger partial charge in [-0.2, -0.15) is 0 Å². The number of nitrogens with zero attached hydrogens (tertiary/aromatic N) is 1. The van der Waals surface area contributed by atoms with E-state index in [2.05, 4.69) is 35.1 Å². The van der Waals surface area contributed by atoms with E-state index in [1.165, 1.54) is 10.9 Å². The number of nitrogens with one attached hydrogen (secondary N) is 1. The van der Waals surface area contributed by atoms with Crippen LogP contribution in [0.2, 0.25) is 0 Å². The maximum absolute atomic E-state index is 11.4. The Balaban J connectivity index is 2.01. The van der Waals surface area contributed by atoms with Gasteiger partial charge in [-0.1, -0.05) is 6.07 Å². The van der Waals surface area contributed by atoms with Gasteiger partial charge in [-0.3, -0.25) is 9.78 Å². The van der Waals surface area contributed by atoms with E-state index in [-0.39, 0.29) is 0 Å². The second-order valence-corrected chi connectivity index (χ2v) is 4.93. The van der Waals surface area contributed by atoms with Crippen LogP contribution >= 0.6 is 0 Å². The lowest BCUT2D eigenvalue weighted by atomic mass is 10.00. The summed E-state index contributed by atoms with van der Waals surface area (Å²) in [7, 11) is 0. The van der Waals surface area contributed by atoms with E-state index in [0.29, 0.717) is 12.0 Å². The molecule has 0 saturated carbocycles. The smallest absolute Gasteiger partial charge is 0.249 e. The molecule has 0 bridgehead atoms. The van der Waals surface area contributed by atoms with Crippen molar-refractivity contribution in [2.45, 2.75) is 13.3 Å². The molecule has 4 nitrogen and oxygen atoms in total. The first-order valence-electron chi connectivity index (χ1n) is 6.44. The summed E-state index contributed by atoms with van der Waals surface area (Å²) >= 11 is 0. The third-order valence-electron chi connectivity index (χ3n) is 3.52. The highest BCUT2D eigenvalue weighted by Gasteiger charge is 2.09. The highest BCUT2D eigenvalue weighted by Crippen LogP contribution is 2.21. The van der Waals surface area contributed by atoms with Crippen LogP contribution in [0.5, 0.6) is 0 Å². The molecule has 1 aromatic carbocycles. The van der Waals surface area contributed by atoms with Gasteiger partial charge < -0.3 is 10.7 Å². The Hall–Kier alpha value is -2.62. The number of fused-ring (bicyclic) bond motifs is 1. The number of carbonyl (C=O) groups is 1. The molecule has 100 valence electrons. The number of aryl methyl sites for hydroxylation is 1. The van der Waals surface area contributed by atoms with Crippen LogP contribution in [-0.4, -0.2) is 15.9 Å². The number of amides is 1. The molecular formula is C16H15N3O. The van der Waals surface area contributed by atoms with E-state index in [1.54, 1.807) is 18.5 Å². The second-order valence-electron chi connectivity index (χ2n) is 4.93. The van der Waals surface area contributed by atoms with Gasteiger partial charge in [-0.25, -0.2) is 0 Å². The van der Waals surface area contributed by atoms with Crippen LogP contribution in [0, 0.1) is 6.92 Å². The Morgan fingerprint density at radius 2 is 2.20 bits per heavy atom. The van der Waals surface area contributed by atoms with Crippen LogP contribution < -0.4 is 5.73 Å². The summed E-state index contributed by atoms with van der Waals surface area (Å²) in [6.07, 6.45) is 5.93. The number of hydrogen-bond acceptors (Lipinski definition) is 2. The molecule has 4 heteroatoms. The van der Waals surface area contributed by atoms with Crippen LogP contribution in [0.25, 0.3) is 10.9 Å². The van der Waals surface area contributed by atoms with Crippen molar-refractivity contribution in [2.24, 2.45) is 5.73 Å². The Morgan fingerprint density at radius 1 is 1.35 bits per heavy atom. The summed E-state index contributed by atoms with van der Waals surface area (Å²) in [5.41, 5.74) is 10.2. The number of carbonyl (C=O) groups excluding carboxylic acids is 1. The summed E-state index contributed by atoms with van der Waals surface area (Å²) in [6.45, 7) is 2.07. The monoisotopic (exact) mass is 265 g/mol. The quantitative estimate of drug-likeness (QED) is 0.764. The number of primary amides is 1. The average Bonchev–Trinajstić information content (AvgIpc) is 2.81. The molecule has 20 heavy (non-hydrogen) atoms. The fourth-order valence-corrected chi connectivity index (χ4v) is 2.45. The van der Waals surface area contributed by atoms with Crippen molar-refractivity contribution in [3.05, 3.63) is 65.1 Å². The number of aromatic amines is 1. The number of hydrogen-bond donors (Lipinski definition) is 2. The minimum Gasteiger partial charge on any atom is -0.366 e. The van der Waals surface area contributed by atoms with E-state index in [0.717, 1.165) is 16.6 Å². The van der Waals surface area contributed by atoms with Gasteiger partial charge in [0.25, 0.3) is 0 Å². The fourth-order valence-electron chi connectivity index (χ4n) is 2.45. The predicted molar refractivity (Wildman–Crippen MR) is 78.6 cm³/mol. The number of nitrogens with two attached hydrogens (primary N) is 1. The average molecular weight is 265 g/mol. The molecule has 0 unspecified atom stereocenters.